The fourth-order valence-corrected chi connectivity index (χ4v) is 3.41. The predicted octanol–water partition coefficient (Wildman–Crippen LogP) is 2.79. The standard InChI is InChI=1S/C20H21ClN2O5/c1-28-18-3-2-13(21)10-17(18)20(27)23-6-4-14(5-7-23)22-19(26)12-8-15(24)11-16(25)9-12/h2-3,8-11,14,24-25H,4-7H2,1H3,(H,22,26). The number of halogens is 1. The van der Waals surface area contributed by atoms with Crippen molar-refractivity contribution in [3.63, 3.8) is 0 Å². The summed E-state index contributed by atoms with van der Waals surface area (Å²) in [5.74, 6) is -0.440. The molecule has 1 aliphatic rings. The van der Waals surface area contributed by atoms with Crippen molar-refractivity contribution < 1.29 is 24.5 Å². The normalized spacial score (nSPS) is 14.6. The van der Waals surface area contributed by atoms with Gasteiger partial charge in [0.1, 0.15) is 17.2 Å². The third-order valence-electron chi connectivity index (χ3n) is 4.67. The van der Waals surface area contributed by atoms with E-state index in [1.54, 1.807) is 23.1 Å². The molecule has 0 unspecified atom stereocenters. The smallest absolute Gasteiger partial charge is 0.257 e. The van der Waals surface area contributed by atoms with Crippen molar-refractivity contribution in [1.29, 1.82) is 0 Å². The van der Waals surface area contributed by atoms with Gasteiger partial charge in [-0.15, -0.1) is 0 Å². The number of amides is 2. The van der Waals surface area contributed by atoms with Crippen LogP contribution in [0.2, 0.25) is 5.02 Å². The van der Waals surface area contributed by atoms with Crippen LogP contribution in [0.4, 0.5) is 0 Å². The van der Waals surface area contributed by atoms with E-state index in [-0.39, 0.29) is 34.9 Å². The van der Waals surface area contributed by atoms with Gasteiger partial charge >= 0.3 is 0 Å². The molecule has 0 aromatic heterocycles. The number of aromatic hydroxyl groups is 2. The molecule has 2 aromatic rings. The molecule has 8 heteroatoms. The molecule has 7 nitrogen and oxygen atoms in total. The number of ether oxygens (including phenoxy) is 1. The number of likely N-dealkylation sites (tertiary alicyclic amines) is 1. The van der Waals surface area contributed by atoms with Gasteiger partial charge in [-0.3, -0.25) is 9.59 Å². The molecule has 0 saturated carbocycles. The van der Waals surface area contributed by atoms with E-state index in [9.17, 15) is 19.8 Å². The maximum atomic E-state index is 12.8. The molecule has 1 aliphatic heterocycles. The Morgan fingerprint density at radius 3 is 2.36 bits per heavy atom. The summed E-state index contributed by atoms with van der Waals surface area (Å²) in [6.45, 7) is 0.954. The van der Waals surface area contributed by atoms with Gasteiger partial charge in [0.2, 0.25) is 0 Å². The van der Waals surface area contributed by atoms with Gasteiger partial charge < -0.3 is 25.2 Å². The fourth-order valence-electron chi connectivity index (χ4n) is 3.24. The van der Waals surface area contributed by atoms with E-state index >= 15 is 0 Å². The van der Waals surface area contributed by atoms with Gasteiger partial charge in [0, 0.05) is 35.8 Å². The van der Waals surface area contributed by atoms with Gasteiger partial charge in [-0.2, -0.15) is 0 Å². The zero-order chi connectivity index (χ0) is 20.3. The van der Waals surface area contributed by atoms with Crippen molar-refractivity contribution >= 4 is 23.4 Å². The summed E-state index contributed by atoms with van der Waals surface area (Å²) in [5.41, 5.74) is 0.590. The minimum atomic E-state index is -0.382. The van der Waals surface area contributed by atoms with Crippen LogP contribution < -0.4 is 10.1 Å². The minimum absolute atomic E-state index is 0.109. The maximum Gasteiger partial charge on any atom is 0.257 e. The molecular formula is C20H21ClN2O5. The van der Waals surface area contributed by atoms with Crippen LogP contribution in [0.3, 0.4) is 0 Å². The fraction of sp³-hybridized carbons (Fsp3) is 0.300. The van der Waals surface area contributed by atoms with Crippen molar-refractivity contribution in [3.8, 4) is 17.2 Å². The van der Waals surface area contributed by atoms with Crippen LogP contribution in [0, 0.1) is 0 Å². The van der Waals surface area contributed by atoms with Gasteiger partial charge in [0.25, 0.3) is 11.8 Å². The van der Waals surface area contributed by atoms with Crippen LogP contribution in [-0.2, 0) is 0 Å². The highest BCUT2D eigenvalue weighted by molar-refractivity contribution is 6.31. The van der Waals surface area contributed by atoms with E-state index in [4.69, 9.17) is 16.3 Å². The molecule has 28 heavy (non-hydrogen) atoms. The topological polar surface area (TPSA) is 99.1 Å². The highest BCUT2D eigenvalue weighted by Crippen LogP contribution is 2.26. The van der Waals surface area contributed by atoms with Crippen LogP contribution in [0.1, 0.15) is 33.6 Å². The number of hydrogen-bond acceptors (Lipinski definition) is 5. The van der Waals surface area contributed by atoms with Crippen LogP contribution in [0.15, 0.2) is 36.4 Å². The highest BCUT2D eigenvalue weighted by atomic mass is 35.5. The van der Waals surface area contributed by atoms with E-state index in [0.717, 1.165) is 6.07 Å². The van der Waals surface area contributed by atoms with Gasteiger partial charge in [-0.25, -0.2) is 0 Å². The van der Waals surface area contributed by atoms with E-state index < -0.39 is 0 Å². The Hall–Kier alpha value is -2.93. The van der Waals surface area contributed by atoms with Crippen LogP contribution >= 0.6 is 11.6 Å². The summed E-state index contributed by atoms with van der Waals surface area (Å²) < 4.78 is 5.25. The molecule has 0 radical (unpaired) electrons. The molecular weight excluding hydrogens is 384 g/mol. The number of carbonyl (C=O) groups excluding carboxylic acids is 2. The summed E-state index contributed by atoms with van der Waals surface area (Å²) in [7, 11) is 1.50. The Labute approximate surface area is 167 Å². The van der Waals surface area contributed by atoms with Crippen molar-refractivity contribution in [2.45, 2.75) is 18.9 Å². The monoisotopic (exact) mass is 404 g/mol. The lowest BCUT2D eigenvalue weighted by molar-refractivity contribution is 0.0695. The van der Waals surface area contributed by atoms with E-state index in [1.165, 1.54) is 19.2 Å². The Morgan fingerprint density at radius 2 is 1.75 bits per heavy atom. The first-order valence-electron chi connectivity index (χ1n) is 8.84. The number of rotatable bonds is 4. The van der Waals surface area contributed by atoms with Crippen molar-refractivity contribution in [3.05, 3.63) is 52.5 Å². The lowest BCUT2D eigenvalue weighted by Crippen LogP contribution is -2.46. The summed E-state index contributed by atoms with van der Waals surface area (Å²) in [6.07, 6.45) is 1.18. The van der Waals surface area contributed by atoms with E-state index in [0.29, 0.717) is 42.3 Å². The first-order valence-corrected chi connectivity index (χ1v) is 9.22. The molecule has 3 N–H and O–H groups in total. The second kappa shape index (κ2) is 8.39. The zero-order valence-electron chi connectivity index (χ0n) is 15.3. The number of nitrogens with one attached hydrogen (secondary N) is 1. The molecule has 3 rings (SSSR count). The van der Waals surface area contributed by atoms with Crippen LogP contribution in [-0.4, -0.2) is 53.2 Å². The number of phenolic OH excluding ortho intramolecular Hbond substituents is 2. The molecule has 1 heterocycles. The third-order valence-corrected chi connectivity index (χ3v) is 4.91. The molecule has 148 valence electrons. The molecule has 2 amide bonds. The highest BCUT2D eigenvalue weighted by Gasteiger charge is 2.26. The SMILES string of the molecule is COc1ccc(Cl)cc1C(=O)N1CCC(NC(=O)c2cc(O)cc(O)c2)CC1. The van der Waals surface area contributed by atoms with Crippen molar-refractivity contribution in [1.82, 2.24) is 10.2 Å². The van der Waals surface area contributed by atoms with Gasteiger partial charge in [-0.1, -0.05) is 11.6 Å². The zero-order valence-corrected chi connectivity index (χ0v) is 16.1. The second-order valence-corrected chi connectivity index (χ2v) is 7.06. The molecule has 1 fully saturated rings. The summed E-state index contributed by atoms with van der Waals surface area (Å²) in [6, 6.07) is 8.54. The predicted molar refractivity (Wildman–Crippen MR) is 104 cm³/mol. The minimum Gasteiger partial charge on any atom is -0.508 e. The molecule has 0 atom stereocenters. The summed E-state index contributed by atoms with van der Waals surface area (Å²) in [4.78, 5) is 26.8. The number of hydrogen-bond donors (Lipinski definition) is 3. The van der Waals surface area contributed by atoms with Gasteiger partial charge in [0.05, 0.1) is 12.7 Å². The Morgan fingerprint density at radius 1 is 1.11 bits per heavy atom. The quantitative estimate of drug-likeness (QED) is 0.727. The Kier molecular flexibility index (Phi) is 5.94. The third kappa shape index (κ3) is 4.48. The average Bonchev–Trinajstić information content (AvgIpc) is 2.67. The summed E-state index contributed by atoms with van der Waals surface area (Å²) >= 11 is 6.01. The number of carbonyl (C=O) groups is 2. The average molecular weight is 405 g/mol. The summed E-state index contributed by atoms with van der Waals surface area (Å²) in [5, 5.41) is 22.4. The lowest BCUT2D eigenvalue weighted by atomic mass is 10.0. The molecule has 1 saturated heterocycles. The Balaban J connectivity index is 1.61. The van der Waals surface area contributed by atoms with Gasteiger partial charge in [0.15, 0.2) is 0 Å². The van der Waals surface area contributed by atoms with E-state index in [2.05, 4.69) is 5.32 Å². The molecule has 0 aliphatic carbocycles. The number of methoxy groups -OCH3 is 1. The lowest BCUT2D eigenvalue weighted by Gasteiger charge is -2.32. The first kappa shape index (κ1) is 19.8. The maximum absolute atomic E-state index is 12.8. The van der Waals surface area contributed by atoms with Crippen molar-refractivity contribution in [2.24, 2.45) is 0 Å². The number of nitrogens with zero attached hydrogens (tertiary/aromatic N) is 1. The second-order valence-electron chi connectivity index (χ2n) is 6.62. The number of benzene rings is 2. The number of phenols is 2. The van der Waals surface area contributed by atoms with Gasteiger partial charge in [-0.05, 0) is 43.2 Å². The molecule has 0 bridgehead atoms. The molecule has 2 aromatic carbocycles. The largest absolute Gasteiger partial charge is 0.508 e. The van der Waals surface area contributed by atoms with Crippen LogP contribution in [0.25, 0.3) is 0 Å². The van der Waals surface area contributed by atoms with Crippen molar-refractivity contribution in [2.75, 3.05) is 20.2 Å². The van der Waals surface area contributed by atoms with Crippen LogP contribution in [0.5, 0.6) is 17.2 Å². The van der Waals surface area contributed by atoms with E-state index in [1.807, 2.05) is 0 Å². The first-order chi connectivity index (χ1) is 13.4. The number of piperidine rings is 1. The Bertz CT molecular complexity index is 874. The molecule has 0 spiro atoms.